The predicted octanol–water partition coefficient (Wildman–Crippen LogP) is 4.72. The van der Waals surface area contributed by atoms with E-state index in [-0.39, 0.29) is 12.0 Å². The standard InChI is InChI=1S/C22H27NO2/c24-22(25)20-14-8-3-9-15-21(20)23(16-18-10-4-1-5-11-18)17-19-12-6-2-7-13-19/h1-2,4-7,10-13,20-21H,3,8-9,14-17H2,(H,24,25)/t20-,21-/m1/s1. The van der Waals surface area contributed by atoms with E-state index in [1.165, 1.54) is 11.1 Å². The summed E-state index contributed by atoms with van der Waals surface area (Å²) in [7, 11) is 0. The fraction of sp³-hybridized carbons (Fsp3) is 0.409. The summed E-state index contributed by atoms with van der Waals surface area (Å²) in [6, 6.07) is 20.9. The van der Waals surface area contributed by atoms with Crippen LogP contribution in [0.3, 0.4) is 0 Å². The first-order valence-electron chi connectivity index (χ1n) is 9.29. The summed E-state index contributed by atoms with van der Waals surface area (Å²) in [5, 5.41) is 9.79. The Bertz CT molecular complexity index is 615. The highest BCUT2D eigenvalue weighted by Gasteiger charge is 2.33. The molecule has 2 atom stereocenters. The Morgan fingerprint density at radius 1 is 0.840 bits per heavy atom. The van der Waals surface area contributed by atoms with Gasteiger partial charge in [-0.2, -0.15) is 0 Å². The van der Waals surface area contributed by atoms with Gasteiger partial charge in [0.2, 0.25) is 0 Å². The SMILES string of the molecule is O=C(O)[C@@H]1CCCCC[C@H]1N(Cc1ccccc1)Cc1ccccc1. The van der Waals surface area contributed by atoms with Crippen LogP contribution in [-0.4, -0.2) is 22.0 Å². The number of benzene rings is 2. The second-order valence-electron chi connectivity index (χ2n) is 7.03. The average Bonchev–Trinajstić information content (AvgIpc) is 2.89. The minimum absolute atomic E-state index is 0.0976. The van der Waals surface area contributed by atoms with Crippen LogP contribution in [0.4, 0.5) is 0 Å². The van der Waals surface area contributed by atoms with Gasteiger partial charge in [0.05, 0.1) is 5.92 Å². The second kappa shape index (κ2) is 8.82. The fourth-order valence-electron chi connectivity index (χ4n) is 3.94. The lowest BCUT2D eigenvalue weighted by atomic mass is 9.92. The molecule has 0 aliphatic heterocycles. The Labute approximate surface area is 150 Å². The zero-order valence-corrected chi connectivity index (χ0v) is 14.7. The molecule has 1 aliphatic rings. The highest BCUT2D eigenvalue weighted by molar-refractivity contribution is 5.71. The van der Waals surface area contributed by atoms with Crippen molar-refractivity contribution in [3.05, 3.63) is 71.8 Å². The highest BCUT2D eigenvalue weighted by atomic mass is 16.4. The predicted molar refractivity (Wildman–Crippen MR) is 100 cm³/mol. The van der Waals surface area contributed by atoms with Crippen LogP contribution in [0.25, 0.3) is 0 Å². The van der Waals surface area contributed by atoms with Crippen LogP contribution in [0.5, 0.6) is 0 Å². The van der Waals surface area contributed by atoms with Crippen LogP contribution < -0.4 is 0 Å². The van der Waals surface area contributed by atoms with E-state index in [0.29, 0.717) is 0 Å². The Balaban J connectivity index is 1.86. The maximum absolute atomic E-state index is 11.9. The van der Waals surface area contributed by atoms with Crippen LogP contribution in [0.1, 0.15) is 43.2 Å². The zero-order valence-electron chi connectivity index (χ0n) is 14.7. The van der Waals surface area contributed by atoms with Crippen molar-refractivity contribution >= 4 is 5.97 Å². The fourth-order valence-corrected chi connectivity index (χ4v) is 3.94. The molecule has 0 spiro atoms. The van der Waals surface area contributed by atoms with E-state index >= 15 is 0 Å². The van der Waals surface area contributed by atoms with E-state index < -0.39 is 5.97 Å². The Morgan fingerprint density at radius 3 is 1.88 bits per heavy atom. The molecule has 1 N–H and O–H groups in total. The molecule has 0 aromatic heterocycles. The quantitative estimate of drug-likeness (QED) is 0.775. The molecule has 3 heteroatoms. The maximum Gasteiger partial charge on any atom is 0.308 e. The van der Waals surface area contributed by atoms with Gasteiger partial charge in [-0.3, -0.25) is 9.69 Å². The molecule has 0 bridgehead atoms. The number of carbonyl (C=O) groups is 1. The normalized spacial score (nSPS) is 21.0. The molecule has 3 nitrogen and oxygen atoms in total. The van der Waals surface area contributed by atoms with Gasteiger partial charge in [0, 0.05) is 19.1 Å². The number of hydrogen-bond donors (Lipinski definition) is 1. The minimum Gasteiger partial charge on any atom is -0.481 e. The summed E-state index contributed by atoms with van der Waals surface area (Å²) in [4.78, 5) is 14.3. The molecule has 0 unspecified atom stereocenters. The lowest BCUT2D eigenvalue weighted by Crippen LogP contribution is -2.42. The van der Waals surface area contributed by atoms with Gasteiger partial charge in [0.1, 0.15) is 0 Å². The van der Waals surface area contributed by atoms with Gasteiger partial charge in [-0.25, -0.2) is 0 Å². The molecule has 132 valence electrons. The van der Waals surface area contributed by atoms with Crippen LogP contribution >= 0.6 is 0 Å². The first-order chi connectivity index (χ1) is 12.2. The molecule has 0 saturated heterocycles. The summed E-state index contributed by atoms with van der Waals surface area (Å²) in [5.74, 6) is -0.909. The average molecular weight is 337 g/mol. The van der Waals surface area contributed by atoms with Gasteiger partial charge in [0.25, 0.3) is 0 Å². The van der Waals surface area contributed by atoms with Crippen molar-refractivity contribution in [2.75, 3.05) is 0 Å². The van der Waals surface area contributed by atoms with E-state index in [1.54, 1.807) is 0 Å². The van der Waals surface area contributed by atoms with Gasteiger partial charge < -0.3 is 5.11 Å². The van der Waals surface area contributed by atoms with Crippen molar-refractivity contribution in [3.8, 4) is 0 Å². The minimum atomic E-state index is -0.641. The third-order valence-electron chi connectivity index (χ3n) is 5.22. The molecule has 0 radical (unpaired) electrons. The molecule has 2 aromatic rings. The van der Waals surface area contributed by atoms with E-state index in [1.807, 2.05) is 12.1 Å². The number of aliphatic carboxylic acids is 1. The van der Waals surface area contributed by atoms with E-state index in [9.17, 15) is 9.90 Å². The molecule has 1 aliphatic carbocycles. The number of rotatable bonds is 6. The van der Waals surface area contributed by atoms with Crippen molar-refractivity contribution in [2.24, 2.45) is 5.92 Å². The van der Waals surface area contributed by atoms with Crippen molar-refractivity contribution in [2.45, 2.75) is 51.2 Å². The first kappa shape index (κ1) is 17.7. The topological polar surface area (TPSA) is 40.5 Å². The molecule has 0 heterocycles. The van der Waals surface area contributed by atoms with Crippen LogP contribution in [0.15, 0.2) is 60.7 Å². The molecular weight excluding hydrogens is 310 g/mol. The maximum atomic E-state index is 11.9. The smallest absolute Gasteiger partial charge is 0.308 e. The van der Waals surface area contributed by atoms with Crippen molar-refractivity contribution in [1.82, 2.24) is 4.90 Å². The van der Waals surface area contributed by atoms with Gasteiger partial charge >= 0.3 is 5.97 Å². The van der Waals surface area contributed by atoms with Crippen LogP contribution in [0.2, 0.25) is 0 Å². The monoisotopic (exact) mass is 337 g/mol. The van der Waals surface area contributed by atoms with E-state index in [0.717, 1.165) is 45.2 Å². The highest BCUT2D eigenvalue weighted by Crippen LogP contribution is 2.30. The number of nitrogens with zero attached hydrogens (tertiary/aromatic N) is 1. The lowest BCUT2D eigenvalue weighted by molar-refractivity contribution is -0.144. The molecular formula is C22H27NO2. The first-order valence-corrected chi connectivity index (χ1v) is 9.29. The van der Waals surface area contributed by atoms with E-state index in [4.69, 9.17) is 0 Å². The van der Waals surface area contributed by atoms with Gasteiger partial charge in [0.15, 0.2) is 0 Å². The number of carboxylic acids is 1. The molecule has 1 fully saturated rings. The summed E-state index contributed by atoms with van der Waals surface area (Å²) in [6.45, 7) is 1.59. The number of hydrogen-bond acceptors (Lipinski definition) is 2. The van der Waals surface area contributed by atoms with Crippen molar-refractivity contribution in [1.29, 1.82) is 0 Å². The van der Waals surface area contributed by atoms with Crippen LogP contribution in [-0.2, 0) is 17.9 Å². The van der Waals surface area contributed by atoms with Crippen LogP contribution in [0, 0.1) is 5.92 Å². The molecule has 2 aromatic carbocycles. The summed E-state index contributed by atoms with van der Waals surface area (Å²) < 4.78 is 0. The number of carboxylic acid groups (broad SMARTS) is 1. The van der Waals surface area contributed by atoms with Gasteiger partial charge in [-0.05, 0) is 24.0 Å². The molecule has 3 rings (SSSR count). The molecule has 0 amide bonds. The van der Waals surface area contributed by atoms with Crippen molar-refractivity contribution < 1.29 is 9.90 Å². The van der Waals surface area contributed by atoms with Crippen molar-refractivity contribution in [3.63, 3.8) is 0 Å². The summed E-state index contributed by atoms with van der Waals surface area (Å²) in [6.07, 6.45) is 5.05. The molecule has 1 saturated carbocycles. The van der Waals surface area contributed by atoms with Gasteiger partial charge in [-0.15, -0.1) is 0 Å². The Hall–Kier alpha value is -2.13. The van der Waals surface area contributed by atoms with E-state index in [2.05, 4.69) is 53.4 Å². The van der Waals surface area contributed by atoms with Gasteiger partial charge in [-0.1, -0.05) is 79.9 Å². The Morgan fingerprint density at radius 2 is 1.36 bits per heavy atom. The summed E-state index contributed by atoms with van der Waals surface area (Å²) >= 11 is 0. The second-order valence-corrected chi connectivity index (χ2v) is 7.03. The third-order valence-corrected chi connectivity index (χ3v) is 5.22. The Kier molecular flexibility index (Phi) is 6.24. The molecule has 25 heavy (non-hydrogen) atoms. The largest absolute Gasteiger partial charge is 0.481 e. The third kappa shape index (κ3) is 4.93. The zero-order chi connectivity index (χ0) is 17.5. The lowest BCUT2D eigenvalue weighted by Gasteiger charge is -2.35. The summed E-state index contributed by atoms with van der Waals surface area (Å²) in [5.41, 5.74) is 2.48.